The molecule has 0 fully saturated rings. The third-order valence-corrected chi connectivity index (χ3v) is 4.75. The first kappa shape index (κ1) is 19.1. The molecule has 1 aromatic heterocycles. The van der Waals surface area contributed by atoms with Gasteiger partial charge < -0.3 is 9.84 Å². The van der Waals surface area contributed by atoms with Gasteiger partial charge in [0.2, 0.25) is 0 Å². The molecule has 12 heteroatoms. The zero-order valence-corrected chi connectivity index (χ0v) is 13.5. The highest BCUT2D eigenvalue weighted by Gasteiger charge is 2.52. The summed E-state index contributed by atoms with van der Waals surface area (Å²) in [7, 11) is -3.19. The van der Waals surface area contributed by atoms with E-state index in [4.69, 9.17) is 0 Å². The number of ether oxygens (including phenoxy) is 1. The molecule has 1 unspecified atom stereocenters. The van der Waals surface area contributed by atoms with Crippen LogP contribution in [-0.4, -0.2) is 54.9 Å². The van der Waals surface area contributed by atoms with Crippen LogP contribution >= 0.6 is 0 Å². The third kappa shape index (κ3) is 3.40. The highest BCUT2D eigenvalue weighted by atomic mass is 32.2. The molecule has 0 bridgehead atoms. The summed E-state index contributed by atoms with van der Waals surface area (Å²) in [5.74, 6) is -3.61. The van der Waals surface area contributed by atoms with Crippen molar-refractivity contribution in [3.8, 4) is 0 Å². The number of alkyl halides is 5. The number of fused-ring (bicyclic) bond motifs is 1. The van der Waals surface area contributed by atoms with Gasteiger partial charge in [0, 0.05) is 31.9 Å². The van der Waals surface area contributed by atoms with Crippen molar-refractivity contribution in [2.75, 3.05) is 13.4 Å². The number of hydrogen-bond acceptors (Lipinski definition) is 5. The maximum atomic E-state index is 13.7. The Morgan fingerprint density at radius 3 is 2.50 bits per heavy atom. The summed E-state index contributed by atoms with van der Waals surface area (Å²) >= 11 is 0. The Morgan fingerprint density at radius 1 is 1.46 bits per heavy atom. The van der Waals surface area contributed by atoms with Crippen molar-refractivity contribution in [3.05, 3.63) is 11.3 Å². The molecule has 1 aromatic rings. The average molecular weight is 378 g/mol. The number of sulfone groups is 1. The molecule has 6 nitrogen and oxygen atoms in total. The normalized spacial score (nSPS) is 21.8. The number of aliphatic hydroxyl groups excluding tert-OH is 1. The van der Waals surface area contributed by atoms with E-state index in [-0.39, 0.29) is 5.69 Å². The molecule has 1 aliphatic carbocycles. The Kier molecular flexibility index (Phi) is 4.70. The molecule has 0 aromatic carbocycles. The Morgan fingerprint density at radius 2 is 2.04 bits per heavy atom. The van der Waals surface area contributed by atoms with Crippen LogP contribution in [0.25, 0.3) is 0 Å². The van der Waals surface area contributed by atoms with Crippen LogP contribution in [-0.2, 0) is 27.5 Å². The van der Waals surface area contributed by atoms with Crippen LogP contribution in [0, 0.1) is 0 Å². The second kappa shape index (κ2) is 5.92. The van der Waals surface area contributed by atoms with Gasteiger partial charge in [0.1, 0.15) is 6.10 Å². The third-order valence-electron chi connectivity index (χ3n) is 3.74. The first-order valence-corrected chi connectivity index (χ1v) is 8.63. The highest BCUT2D eigenvalue weighted by molar-refractivity contribution is 7.90. The van der Waals surface area contributed by atoms with Crippen LogP contribution in [0.3, 0.4) is 0 Å². The molecule has 0 saturated heterocycles. The number of nitrogens with zero attached hydrogens (tertiary/aromatic N) is 2. The molecule has 1 N–H and O–H groups in total. The molecule has 0 aliphatic heterocycles. The van der Waals surface area contributed by atoms with Gasteiger partial charge in [-0.2, -0.15) is 18.3 Å². The smallest absolute Gasteiger partial charge is 0.382 e. The molecule has 0 amide bonds. The number of methoxy groups -OCH3 is 1. The summed E-state index contributed by atoms with van der Waals surface area (Å²) in [5, 5.41) is 12.5. The van der Waals surface area contributed by atoms with E-state index < -0.39 is 64.1 Å². The van der Waals surface area contributed by atoms with E-state index >= 15 is 0 Å². The van der Waals surface area contributed by atoms with Crippen molar-refractivity contribution >= 4 is 9.84 Å². The number of hydrogen-bond donors (Lipinski definition) is 1. The lowest BCUT2D eigenvalue weighted by molar-refractivity contribution is -0.215. The molecular weight excluding hydrogens is 363 g/mol. The lowest BCUT2D eigenvalue weighted by Crippen LogP contribution is -2.32. The fourth-order valence-electron chi connectivity index (χ4n) is 2.59. The second-order valence-corrected chi connectivity index (χ2v) is 7.49. The van der Waals surface area contributed by atoms with Gasteiger partial charge in [-0.05, 0) is 0 Å². The van der Waals surface area contributed by atoms with E-state index in [0.29, 0.717) is 0 Å². The van der Waals surface area contributed by atoms with Crippen LogP contribution in [0.5, 0.6) is 0 Å². The summed E-state index contributed by atoms with van der Waals surface area (Å²) in [6, 6.07) is 0. The van der Waals surface area contributed by atoms with Crippen LogP contribution in [0.15, 0.2) is 5.03 Å². The van der Waals surface area contributed by atoms with Crippen molar-refractivity contribution in [3.63, 3.8) is 0 Å². The molecule has 0 spiro atoms. The van der Waals surface area contributed by atoms with E-state index in [1.165, 1.54) is 0 Å². The number of aliphatic hydroxyl groups is 1. The summed E-state index contributed by atoms with van der Waals surface area (Å²) in [6.45, 7) is -0.487. The zero-order chi connectivity index (χ0) is 18.5. The minimum atomic E-state index is -4.66. The van der Waals surface area contributed by atoms with Crippen LogP contribution < -0.4 is 0 Å². The van der Waals surface area contributed by atoms with Gasteiger partial charge in [-0.3, -0.25) is 4.68 Å². The van der Waals surface area contributed by atoms with Gasteiger partial charge in [0.25, 0.3) is 5.92 Å². The van der Waals surface area contributed by atoms with Gasteiger partial charge in [-0.15, -0.1) is 0 Å². The summed E-state index contributed by atoms with van der Waals surface area (Å²) in [5.41, 5.74) is -0.839. The SMILES string of the molecule is COC(CCn1nc(S(C)(=O)=O)c2c1CC(F)(F)[C@H]2O)C(F)(F)F. The monoisotopic (exact) mass is 378 g/mol. The molecule has 2 atom stereocenters. The Bertz CT molecular complexity index is 729. The first-order valence-electron chi connectivity index (χ1n) is 6.74. The van der Waals surface area contributed by atoms with Gasteiger partial charge >= 0.3 is 6.18 Å². The van der Waals surface area contributed by atoms with Crippen molar-refractivity contribution in [2.45, 2.75) is 48.7 Å². The number of rotatable bonds is 5. The number of aromatic nitrogens is 2. The van der Waals surface area contributed by atoms with Crippen LogP contribution in [0.1, 0.15) is 23.8 Å². The molecule has 1 heterocycles. The predicted molar refractivity (Wildman–Crippen MR) is 70.4 cm³/mol. The maximum absolute atomic E-state index is 13.7. The number of halogens is 5. The second-order valence-electron chi connectivity index (χ2n) is 5.56. The molecular formula is C12H15F5N2O4S. The van der Waals surface area contributed by atoms with Crippen molar-refractivity contribution in [2.24, 2.45) is 0 Å². The van der Waals surface area contributed by atoms with Crippen molar-refractivity contribution < 1.29 is 40.2 Å². The molecule has 0 saturated carbocycles. The minimum Gasteiger partial charge on any atom is -0.382 e. The van der Waals surface area contributed by atoms with Gasteiger partial charge in [-0.25, -0.2) is 17.2 Å². The van der Waals surface area contributed by atoms with E-state index in [1.807, 2.05) is 0 Å². The molecule has 138 valence electrons. The maximum Gasteiger partial charge on any atom is 0.414 e. The predicted octanol–water partition coefficient (Wildman–Crippen LogP) is 1.48. The molecule has 0 radical (unpaired) electrons. The van der Waals surface area contributed by atoms with Crippen LogP contribution in [0.4, 0.5) is 22.0 Å². The standard InChI is InChI=1S/C12H15F5N2O4S/c1-23-7(12(15,16)17)3-4-19-6-5-11(13,14)9(20)8(6)10(18-19)24(2,21)22/h7,9,20H,3-5H2,1-2H3/t7?,9-/m0/s1. The Hall–Kier alpha value is -1.27. The van der Waals surface area contributed by atoms with E-state index in [1.54, 1.807) is 0 Å². The fourth-order valence-corrected chi connectivity index (χ4v) is 3.47. The lowest BCUT2D eigenvalue weighted by Gasteiger charge is -2.19. The first-order chi connectivity index (χ1) is 10.8. The van der Waals surface area contributed by atoms with E-state index in [0.717, 1.165) is 18.0 Å². The fraction of sp³-hybridized carbons (Fsp3) is 0.750. The van der Waals surface area contributed by atoms with Gasteiger partial charge in [-0.1, -0.05) is 0 Å². The van der Waals surface area contributed by atoms with E-state index in [9.17, 15) is 35.5 Å². The number of aryl methyl sites for hydroxylation is 1. The average Bonchev–Trinajstić information content (AvgIpc) is 2.85. The Balaban J connectivity index is 2.39. The largest absolute Gasteiger partial charge is 0.414 e. The van der Waals surface area contributed by atoms with Gasteiger partial charge in [0.15, 0.2) is 21.0 Å². The van der Waals surface area contributed by atoms with Gasteiger partial charge in [0.05, 0.1) is 12.1 Å². The van der Waals surface area contributed by atoms with Crippen molar-refractivity contribution in [1.29, 1.82) is 0 Å². The zero-order valence-electron chi connectivity index (χ0n) is 12.6. The molecule has 24 heavy (non-hydrogen) atoms. The van der Waals surface area contributed by atoms with Crippen LogP contribution in [0.2, 0.25) is 0 Å². The lowest BCUT2D eigenvalue weighted by atomic mass is 10.2. The van der Waals surface area contributed by atoms with Crippen molar-refractivity contribution in [1.82, 2.24) is 9.78 Å². The summed E-state index contributed by atoms with van der Waals surface area (Å²) in [4.78, 5) is 0. The summed E-state index contributed by atoms with van der Waals surface area (Å²) in [6.07, 6.45) is -10.1. The van der Waals surface area contributed by atoms with E-state index in [2.05, 4.69) is 9.84 Å². The summed E-state index contributed by atoms with van der Waals surface area (Å²) < 4.78 is 93.8. The highest BCUT2D eigenvalue weighted by Crippen LogP contribution is 2.45. The topological polar surface area (TPSA) is 81.4 Å². The minimum absolute atomic E-state index is 0.287. The molecule has 2 rings (SSSR count). The quantitative estimate of drug-likeness (QED) is 0.785. The Labute approximate surface area is 134 Å². The molecule has 1 aliphatic rings.